The number of rotatable bonds is 2. The molecule has 16 heavy (non-hydrogen) atoms. The number of benzene rings is 1. The molecule has 0 aliphatic heterocycles. The van der Waals surface area contributed by atoms with Gasteiger partial charge in [-0.05, 0) is 19.1 Å². The first kappa shape index (κ1) is 10.4. The van der Waals surface area contributed by atoms with Crippen molar-refractivity contribution in [2.75, 3.05) is 12.8 Å². The first-order valence-electron chi connectivity index (χ1n) is 4.93. The summed E-state index contributed by atoms with van der Waals surface area (Å²) in [6, 6.07) is 5.97. The number of nitrogens with two attached hydrogens (primary N) is 1. The molecule has 0 saturated carbocycles. The predicted octanol–water partition coefficient (Wildman–Crippen LogP) is 2.04. The molecule has 1 heterocycles. The number of aromatic nitrogens is 2. The van der Waals surface area contributed by atoms with Crippen LogP contribution < -0.4 is 10.5 Å². The van der Waals surface area contributed by atoms with E-state index in [1.165, 1.54) is 0 Å². The van der Waals surface area contributed by atoms with E-state index in [1.54, 1.807) is 19.5 Å². The zero-order valence-corrected chi connectivity index (χ0v) is 9.27. The summed E-state index contributed by atoms with van der Waals surface area (Å²) in [5.41, 5.74) is 8.48. The Hall–Kier alpha value is -2.10. The van der Waals surface area contributed by atoms with Gasteiger partial charge in [-0.2, -0.15) is 0 Å². The molecule has 2 aromatic rings. The molecule has 4 heteroatoms. The van der Waals surface area contributed by atoms with Crippen LogP contribution in [-0.4, -0.2) is 17.1 Å². The highest BCUT2D eigenvalue weighted by Crippen LogP contribution is 2.29. The van der Waals surface area contributed by atoms with E-state index in [0.29, 0.717) is 0 Å². The molecule has 2 N–H and O–H groups in total. The number of hydrogen-bond donors (Lipinski definition) is 1. The molecule has 0 unspecified atom stereocenters. The Balaban J connectivity index is 2.53. The number of nitrogens with zero attached hydrogens (tertiary/aromatic N) is 2. The molecule has 0 saturated heterocycles. The van der Waals surface area contributed by atoms with Crippen LogP contribution in [0.25, 0.3) is 11.1 Å². The van der Waals surface area contributed by atoms with E-state index in [4.69, 9.17) is 10.5 Å². The third kappa shape index (κ3) is 1.95. The van der Waals surface area contributed by atoms with E-state index in [1.807, 2.05) is 25.1 Å². The van der Waals surface area contributed by atoms with Crippen LogP contribution in [0.4, 0.5) is 5.95 Å². The van der Waals surface area contributed by atoms with Crippen molar-refractivity contribution < 1.29 is 4.74 Å². The summed E-state index contributed by atoms with van der Waals surface area (Å²) in [6.45, 7) is 2.03. The third-order valence-corrected chi connectivity index (χ3v) is 2.34. The van der Waals surface area contributed by atoms with Gasteiger partial charge in [0.25, 0.3) is 0 Å². The van der Waals surface area contributed by atoms with Gasteiger partial charge in [-0.25, -0.2) is 9.97 Å². The molecule has 0 spiro atoms. The lowest BCUT2D eigenvalue weighted by atomic mass is 10.1. The molecule has 0 bridgehead atoms. The highest BCUT2D eigenvalue weighted by Gasteiger charge is 2.06. The van der Waals surface area contributed by atoms with Gasteiger partial charge in [0.2, 0.25) is 5.95 Å². The summed E-state index contributed by atoms with van der Waals surface area (Å²) >= 11 is 0. The summed E-state index contributed by atoms with van der Waals surface area (Å²) < 4.78 is 5.30. The standard InChI is InChI=1S/C12H13N3O/c1-8-3-4-11(16-2)10(5-8)9-6-14-12(13)15-7-9/h3-7H,1-2H3,(H2,13,14,15). The van der Waals surface area contributed by atoms with E-state index in [0.717, 1.165) is 22.4 Å². The number of methoxy groups -OCH3 is 1. The molecule has 0 aliphatic rings. The van der Waals surface area contributed by atoms with E-state index in [9.17, 15) is 0 Å². The minimum atomic E-state index is 0.273. The van der Waals surface area contributed by atoms with Crippen molar-refractivity contribution in [1.29, 1.82) is 0 Å². The Morgan fingerprint density at radius 2 is 1.88 bits per heavy atom. The largest absolute Gasteiger partial charge is 0.496 e. The van der Waals surface area contributed by atoms with Gasteiger partial charge >= 0.3 is 0 Å². The molecule has 1 aromatic carbocycles. The first-order valence-corrected chi connectivity index (χ1v) is 4.93. The maximum absolute atomic E-state index is 5.45. The molecule has 0 radical (unpaired) electrons. The average molecular weight is 215 g/mol. The normalized spacial score (nSPS) is 10.1. The quantitative estimate of drug-likeness (QED) is 0.832. The Morgan fingerprint density at radius 1 is 1.19 bits per heavy atom. The van der Waals surface area contributed by atoms with Crippen LogP contribution in [0.3, 0.4) is 0 Å². The SMILES string of the molecule is COc1ccc(C)cc1-c1cnc(N)nc1. The van der Waals surface area contributed by atoms with Crippen molar-refractivity contribution in [3.05, 3.63) is 36.2 Å². The zero-order valence-electron chi connectivity index (χ0n) is 9.27. The van der Waals surface area contributed by atoms with Crippen LogP contribution in [0.2, 0.25) is 0 Å². The highest BCUT2D eigenvalue weighted by molar-refractivity contribution is 5.70. The van der Waals surface area contributed by atoms with Crippen LogP contribution in [0.5, 0.6) is 5.75 Å². The highest BCUT2D eigenvalue weighted by atomic mass is 16.5. The van der Waals surface area contributed by atoms with Crippen molar-refractivity contribution in [1.82, 2.24) is 9.97 Å². The smallest absolute Gasteiger partial charge is 0.219 e. The molecule has 2 rings (SSSR count). The number of anilines is 1. The molecule has 4 nitrogen and oxygen atoms in total. The zero-order chi connectivity index (χ0) is 11.5. The van der Waals surface area contributed by atoms with Gasteiger partial charge in [0.15, 0.2) is 0 Å². The molecule has 82 valence electrons. The maximum Gasteiger partial charge on any atom is 0.219 e. The van der Waals surface area contributed by atoms with E-state index in [2.05, 4.69) is 9.97 Å². The topological polar surface area (TPSA) is 61.0 Å². The van der Waals surface area contributed by atoms with Crippen molar-refractivity contribution in [3.8, 4) is 16.9 Å². The molecule has 0 fully saturated rings. The Labute approximate surface area is 94.1 Å². The lowest BCUT2D eigenvalue weighted by molar-refractivity contribution is 0.416. The van der Waals surface area contributed by atoms with Gasteiger partial charge < -0.3 is 10.5 Å². The van der Waals surface area contributed by atoms with E-state index >= 15 is 0 Å². The monoisotopic (exact) mass is 215 g/mol. The second-order valence-corrected chi connectivity index (χ2v) is 3.53. The number of nitrogen functional groups attached to an aromatic ring is 1. The van der Waals surface area contributed by atoms with Crippen LogP contribution >= 0.6 is 0 Å². The van der Waals surface area contributed by atoms with Gasteiger partial charge in [-0.3, -0.25) is 0 Å². The summed E-state index contributed by atoms with van der Waals surface area (Å²) in [4.78, 5) is 7.94. The van der Waals surface area contributed by atoms with Crippen molar-refractivity contribution in [3.63, 3.8) is 0 Å². The predicted molar refractivity (Wildman–Crippen MR) is 63.2 cm³/mol. The van der Waals surface area contributed by atoms with Crippen molar-refractivity contribution in [2.45, 2.75) is 6.92 Å². The van der Waals surface area contributed by atoms with Gasteiger partial charge in [0.05, 0.1) is 7.11 Å². The fraction of sp³-hybridized carbons (Fsp3) is 0.167. The van der Waals surface area contributed by atoms with Gasteiger partial charge in [-0.15, -0.1) is 0 Å². The average Bonchev–Trinajstić information content (AvgIpc) is 2.30. The van der Waals surface area contributed by atoms with Crippen LogP contribution in [0.15, 0.2) is 30.6 Å². The first-order chi connectivity index (χ1) is 7.70. The minimum absolute atomic E-state index is 0.273. The molecular weight excluding hydrogens is 202 g/mol. The van der Waals surface area contributed by atoms with Crippen molar-refractivity contribution >= 4 is 5.95 Å². The molecule has 0 atom stereocenters. The summed E-state index contributed by atoms with van der Waals surface area (Å²) in [5.74, 6) is 1.08. The Kier molecular flexibility index (Phi) is 2.72. The Morgan fingerprint density at radius 3 is 2.50 bits per heavy atom. The van der Waals surface area contributed by atoms with Gasteiger partial charge in [0, 0.05) is 23.5 Å². The van der Waals surface area contributed by atoms with E-state index < -0.39 is 0 Å². The lowest BCUT2D eigenvalue weighted by Crippen LogP contribution is -1.95. The van der Waals surface area contributed by atoms with E-state index in [-0.39, 0.29) is 5.95 Å². The molecule has 0 aliphatic carbocycles. The second kappa shape index (κ2) is 4.18. The summed E-state index contributed by atoms with van der Waals surface area (Å²) in [7, 11) is 1.65. The number of hydrogen-bond acceptors (Lipinski definition) is 4. The van der Waals surface area contributed by atoms with Gasteiger partial charge in [0.1, 0.15) is 5.75 Å². The number of aryl methyl sites for hydroxylation is 1. The lowest BCUT2D eigenvalue weighted by Gasteiger charge is -2.08. The maximum atomic E-state index is 5.45. The number of ether oxygens (including phenoxy) is 1. The fourth-order valence-electron chi connectivity index (χ4n) is 1.52. The Bertz CT molecular complexity index is 494. The molecular formula is C12H13N3O. The van der Waals surface area contributed by atoms with Crippen molar-refractivity contribution in [2.24, 2.45) is 0 Å². The third-order valence-electron chi connectivity index (χ3n) is 2.34. The summed E-state index contributed by atoms with van der Waals surface area (Å²) in [5, 5.41) is 0. The second-order valence-electron chi connectivity index (χ2n) is 3.53. The molecule has 0 amide bonds. The summed E-state index contributed by atoms with van der Waals surface area (Å²) in [6.07, 6.45) is 3.39. The van der Waals surface area contributed by atoms with Crippen LogP contribution in [0.1, 0.15) is 5.56 Å². The van der Waals surface area contributed by atoms with Gasteiger partial charge in [-0.1, -0.05) is 11.6 Å². The van der Waals surface area contributed by atoms with Crippen LogP contribution in [-0.2, 0) is 0 Å². The minimum Gasteiger partial charge on any atom is -0.496 e. The molecule has 1 aromatic heterocycles. The van der Waals surface area contributed by atoms with Crippen LogP contribution in [0, 0.1) is 6.92 Å². The fourth-order valence-corrected chi connectivity index (χ4v) is 1.52.